The van der Waals surface area contributed by atoms with Crippen molar-refractivity contribution in [3.05, 3.63) is 42.5 Å². The highest BCUT2D eigenvalue weighted by Crippen LogP contribution is 2.22. The summed E-state index contributed by atoms with van der Waals surface area (Å²) in [5.41, 5.74) is 1.27. The van der Waals surface area contributed by atoms with E-state index in [1.807, 2.05) is 12.1 Å². The van der Waals surface area contributed by atoms with Crippen LogP contribution in [0.1, 0.15) is 44.7 Å². The molecule has 0 aliphatic carbocycles. The van der Waals surface area contributed by atoms with Crippen molar-refractivity contribution in [2.24, 2.45) is 0 Å². The van der Waals surface area contributed by atoms with Crippen LogP contribution in [0.4, 0.5) is 0 Å². The van der Waals surface area contributed by atoms with E-state index in [9.17, 15) is 0 Å². The number of hydrogen-bond donors (Lipinski definition) is 1. The average Bonchev–Trinajstić information content (AvgIpc) is 2.41. The van der Waals surface area contributed by atoms with Crippen molar-refractivity contribution in [1.82, 2.24) is 5.32 Å². The summed E-state index contributed by atoms with van der Waals surface area (Å²) in [4.78, 5) is 0. The van der Waals surface area contributed by atoms with E-state index >= 15 is 0 Å². The first-order valence-corrected chi connectivity index (χ1v) is 6.88. The molecule has 1 atom stereocenters. The maximum Gasteiger partial charge on any atom is 0.119 e. The fraction of sp³-hybridized carbons (Fsp3) is 0.500. The molecule has 0 spiro atoms. The first-order valence-electron chi connectivity index (χ1n) is 6.88. The normalized spacial score (nSPS) is 12.1. The van der Waals surface area contributed by atoms with E-state index in [-0.39, 0.29) is 0 Å². The van der Waals surface area contributed by atoms with E-state index in [0.717, 1.165) is 38.2 Å². The smallest absolute Gasteiger partial charge is 0.119 e. The molecule has 1 aromatic carbocycles. The molecule has 100 valence electrons. The van der Waals surface area contributed by atoms with Gasteiger partial charge in [-0.15, -0.1) is 6.58 Å². The molecule has 0 aromatic heterocycles. The van der Waals surface area contributed by atoms with E-state index in [1.54, 1.807) is 0 Å². The van der Waals surface area contributed by atoms with Crippen LogP contribution in [0.2, 0.25) is 0 Å². The van der Waals surface area contributed by atoms with Crippen LogP contribution in [0.25, 0.3) is 0 Å². The van der Waals surface area contributed by atoms with Crippen molar-refractivity contribution in [1.29, 1.82) is 0 Å². The molecule has 1 unspecified atom stereocenters. The van der Waals surface area contributed by atoms with Gasteiger partial charge in [0.15, 0.2) is 0 Å². The SMILES string of the molecule is C=CCC(NCCC)c1cccc(OCCC)c1. The summed E-state index contributed by atoms with van der Waals surface area (Å²) in [5.74, 6) is 0.960. The number of rotatable bonds is 9. The van der Waals surface area contributed by atoms with Crippen molar-refractivity contribution < 1.29 is 4.74 Å². The minimum Gasteiger partial charge on any atom is -0.494 e. The highest BCUT2D eigenvalue weighted by molar-refractivity contribution is 5.31. The van der Waals surface area contributed by atoms with Gasteiger partial charge in [0.05, 0.1) is 6.61 Å². The molecule has 0 amide bonds. The molecule has 18 heavy (non-hydrogen) atoms. The molecule has 0 fully saturated rings. The zero-order chi connectivity index (χ0) is 13.2. The summed E-state index contributed by atoms with van der Waals surface area (Å²) in [7, 11) is 0. The molecule has 1 N–H and O–H groups in total. The van der Waals surface area contributed by atoms with Gasteiger partial charge in [-0.2, -0.15) is 0 Å². The maximum absolute atomic E-state index is 5.67. The Hall–Kier alpha value is -1.28. The topological polar surface area (TPSA) is 21.3 Å². The van der Waals surface area contributed by atoms with E-state index < -0.39 is 0 Å². The summed E-state index contributed by atoms with van der Waals surface area (Å²) < 4.78 is 5.67. The number of ether oxygens (including phenoxy) is 1. The van der Waals surface area contributed by atoms with Crippen LogP contribution in [0.3, 0.4) is 0 Å². The second kappa shape index (κ2) is 8.76. The summed E-state index contributed by atoms with van der Waals surface area (Å²) in [5, 5.41) is 3.54. The van der Waals surface area contributed by atoms with Gasteiger partial charge < -0.3 is 10.1 Å². The standard InChI is InChI=1S/C16H25NO/c1-4-8-16(17-11-5-2)14-9-7-10-15(13-14)18-12-6-3/h4,7,9-10,13,16-17H,1,5-6,8,11-12H2,2-3H3. The van der Waals surface area contributed by atoms with Crippen LogP contribution in [0.15, 0.2) is 36.9 Å². The van der Waals surface area contributed by atoms with Gasteiger partial charge in [0, 0.05) is 6.04 Å². The van der Waals surface area contributed by atoms with Crippen molar-refractivity contribution >= 4 is 0 Å². The maximum atomic E-state index is 5.67. The highest BCUT2D eigenvalue weighted by Gasteiger charge is 2.09. The number of benzene rings is 1. The van der Waals surface area contributed by atoms with Gasteiger partial charge in [-0.1, -0.05) is 32.1 Å². The Morgan fingerprint density at radius 3 is 2.83 bits per heavy atom. The zero-order valence-electron chi connectivity index (χ0n) is 11.6. The molecule has 0 bridgehead atoms. The van der Waals surface area contributed by atoms with Crippen LogP contribution in [-0.4, -0.2) is 13.2 Å². The molecule has 0 radical (unpaired) electrons. The third-order valence-corrected chi connectivity index (χ3v) is 2.78. The quantitative estimate of drug-likeness (QED) is 0.664. The van der Waals surface area contributed by atoms with Crippen molar-refractivity contribution in [2.45, 2.75) is 39.2 Å². The van der Waals surface area contributed by atoms with E-state index in [1.165, 1.54) is 5.56 Å². The largest absolute Gasteiger partial charge is 0.494 e. The molecule has 0 saturated heterocycles. The average molecular weight is 247 g/mol. The second-order valence-corrected chi connectivity index (χ2v) is 4.45. The Bertz CT molecular complexity index is 349. The minimum atomic E-state index is 0.340. The molecule has 2 heteroatoms. The lowest BCUT2D eigenvalue weighted by molar-refractivity contribution is 0.316. The van der Waals surface area contributed by atoms with Gasteiger partial charge in [-0.25, -0.2) is 0 Å². The Balaban J connectivity index is 2.73. The molecular weight excluding hydrogens is 222 g/mol. The molecule has 0 saturated carbocycles. The van der Waals surface area contributed by atoms with E-state index in [0.29, 0.717) is 6.04 Å². The Morgan fingerprint density at radius 2 is 2.17 bits per heavy atom. The van der Waals surface area contributed by atoms with Gasteiger partial charge in [0.2, 0.25) is 0 Å². The van der Waals surface area contributed by atoms with Crippen LogP contribution in [-0.2, 0) is 0 Å². The molecule has 0 heterocycles. The minimum absolute atomic E-state index is 0.340. The molecular formula is C16H25NO. The summed E-state index contributed by atoms with van der Waals surface area (Å²) in [6, 6.07) is 8.70. The van der Waals surface area contributed by atoms with Gasteiger partial charge in [0.1, 0.15) is 5.75 Å². The fourth-order valence-electron chi connectivity index (χ4n) is 1.86. The van der Waals surface area contributed by atoms with Gasteiger partial charge >= 0.3 is 0 Å². The first kappa shape index (κ1) is 14.8. The molecule has 1 aromatic rings. The van der Waals surface area contributed by atoms with Crippen LogP contribution >= 0.6 is 0 Å². The monoisotopic (exact) mass is 247 g/mol. The van der Waals surface area contributed by atoms with Crippen molar-refractivity contribution in [2.75, 3.05) is 13.2 Å². The van der Waals surface area contributed by atoms with Gasteiger partial charge in [-0.05, 0) is 43.5 Å². The third kappa shape index (κ3) is 4.92. The number of nitrogens with one attached hydrogen (secondary N) is 1. The highest BCUT2D eigenvalue weighted by atomic mass is 16.5. The van der Waals surface area contributed by atoms with Crippen LogP contribution < -0.4 is 10.1 Å². The second-order valence-electron chi connectivity index (χ2n) is 4.45. The summed E-state index contributed by atoms with van der Waals surface area (Å²) in [6.45, 7) is 9.93. The Kier molecular flexibility index (Phi) is 7.19. The molecule has 1 rings (SSSR count). The summed E-state index contributed by atoms with van der Waals surface area (Å²) >= 11 is 0. The van der Waals surface area contributed by atoms with E-state index in [4.69, 9.17) is 4.74 Å². The molecule has 0 aliphatic rings. The lowest BCUT2D eigenvalue weighted by atomic mass is 10.0. The number of hydrogen-bond acceptors (Lipinski definition) is 2. The van der Waals surface area contributed by atoms with Crippen molar-refractivity contribution in [3.63, 3.8) is 0 Å². The van der Waals surface area contributed by atoms with Crippen LogP contribution in [0, 0.1) is 0 Å². The Morgan fingerprint density at radius 1 is 1.33 bits per heavy atom. The van der Waals surface area contributed by atoms with E-state index in [2.05, 4.69) is 43.9 Å². The predicted molar refractivity (Wildman–Crippen MR) is 78.1 cm³/mol. The first-order chi connectivity index (χ1) is 8.81. The lowest BCUT2D eigenvalue weighted by Crippen LogP contribution is -2.21. The fourth-order valence-corrected chi connectivity index (χ4v) is 1.86. The summed E-state index contributed by atoms with van der Waals surface area (Å²) in [6.07, 6.45) is 5.08. The van der Waals surface area contributed by atoms with Crippen molar-refractivity contribution in [3.8, 4) is 5.75 Å². The van der Waals surface area contributed by atoms with Crippen LogP contribution in [0.5, 0.6) is 5.75 Å². The zero-order valence-corrected chi connectivity index (χ0v) is 11.6. The lowest BCUT2D eigenvalue weighted by Gasteiger charge is -2.18. The van der Waals surface area contributed by atoms with Gasteiger partial charge in [0.25, 0.3) is 0 Å². The molecule has 0 aliphatic heterocycles. The van der Waals surface area contributed by atoms with Gasteiger partial charge in [-0.3, -0.25) is 0 Å². The molecule has 2 nitrogen and oxygen atoms in total. The third-order valence-electron chi connectivity index (χ3n) is 2.78. The predicted octanol–water partition coefficient (Wildman–Crippen LogP) is 4.09. The Labute approximate surface area is 111 Å².